The lowest BCUT2D eigenvalue weighted by atomic mass is 10.0. The molecule has 1 rings (SSSR count). The van der Waals surface area contributed by atoms with Gasteiger partial charge in [-0.25, -0.2) is 9.59 Å². The van der Waals surface area contributed by atoms with E-state index >= 15 is 0 Å². The van der Waals surface area contributed by atoms with Gasteiger partial charge in [-0.05, 0) is 46.7 Å². The zero-order valence-electron chi connectivity index (χ0n) is 11.3. The van der Waals surface area contributed by atoms with Gasteiger partial charge in [0.1, 0.15) is 5.54 Å². The number of urea groups is 1. The number of piperidine rings is 1. The van der Waals surface area contributed by atoms with Crippen LogP contribution in [0.4, 0.5) is 4.79 Å². The molecule has 0 unspecified atom stereocenters. The van der Waals surface area contributed by atoms with Crippen LogP contribution in [0.25, 0.3) is 0 Å². The lowest BCUT2D eigenvalue weighted by molar-refractivity contribution is -0.147. The maximum atomic E-state index is 12.1. The second kappa shape index (κ2) is 6.04. The number of amides is 2. The Bertz CT molecular complexity index is 312. The third-order valence-corrected chi connectivity index (χ3v) is 3.43. The number of nitrogens with one attached hydrogen (secondary N) is 2. The zero-order chi connectivity index (χ0) is 13.8. The molecule has 104 valence electrons. The molecule has 1 fully saturated rings. The van der Waals surface area contributed by atoms with E-state index in [0.29, 0.717) is 6.54 Å². The fourth-order valence-corrected chi connectivity index (χ4v) is 2.13. The van der Waals surface area contributed by atoms with Crippen molar-refractivity contribution in [2.75, 3.05) is 19.6 Å². The van der Waals surface area contributed by atoms with Gasteiger partial charge in [0.25, 0.3) is 0 Å². The smallest absolute Gasteiger partial charge is 0.329 e. The fraction of sp³-hybridized carbons (Fsp3) is 0.833. The quantitative estimate of drug-likeness (QED) is 0.690. The predicted octanol–water partition coefficient (Wildman–Crippen LogP) is 0.633. The SMILES string of the molecule is CCN(C(=O)NC1CCNCC1)C(C)(C)C(=O)O. The molecule has 3 N–H and O–H groups in total. The molecule has 1 aliphatic heterocycles. The van der Waals surface area contributed by atoms with Crippen molar-refractivity contribution in [3.8, 4) is 0 Å². The first-order valence-electron chi connectivity index (χ1n) is 6.41. The molecule has 0 aliphatic carbocycles. The van der Waals surface area contributed by atoms with E-state index in [0.717, 1.165) is 25.9 Å². The summed E-state index contributed by atoms with van der Waals surface area (Å²) in [5.41, 5.74) is -1.19. The van der Waals surface area contributed by atoms with Crippen molar-refractivity contribution in [2.45, 2.75) is 45.2 Å². The minimum absolute atomic E-state index is 0.136. The van der Waals surface area contributed by atoms with Gasteiger partial charge in [-0.3, -0.25) is 0 Å². The largest absolute Gasteiger partial charge is 0.480 e. The molecule has 0 bridgehead atoms. The van der Waals surface area contributed by atoms with Crippen LogP contribution in [0, 0.1) is 0 Å². The first-order chi connectivity index (χ1) is 8.39. The molecule has 2 amide bonds. The van der Waals surface area contributed by atoms with E-state index < -0.39 is 11.5 Å². The van der Waals surface area contributed by atoms with Gasteiger partial charge in [-0.1, -0.05) is 0 Å². The highest BCUT2D eigenvalue weighted by atomic mass is 16.4. The number of hydrogen-bond donors (Lipinski definition) is 3. The van der Waals surface area contributed by atoms with Gasteiger partial charge in [0, 0.05) is 12.6 Å². The topological polar surface area (TPSA) is 81.7 Å². The third kappa shape index (κ3) is 3.35. The molecule has 6 heteroatoms. The van der Waals surface area contributed by atoms with Gasteiger partial charge in [0.15, 0.2) is 0 Å². The lowest BCUT2D eigenvalue weighted by Gasteiger charge is -2.36. The maximum absolute atomic E-state index is 12.1. The first kappa shape index (κ1) is 14.8. The van der Waals surface area contributed by atoms with Gasteiger partial charge >= 0.3 is 12.0 Å². The summed E-state index contributed by atoms with van der Waals surface area (Å²) in [4.78, 5) is 24.7. The minimum Gasteiger partial charge on any atom is -0.480 e. The van der Waals surface area contributed by atoms with Crippen molar-refractivity contribution in [2.24, 2.45) is 0 Å². The number of carboxylic acid groups (broad SMARTS) is 1. The van der Waals surface area contributed by atoms with Crippen LogP contribution in [0.3, 0.4) is 0 Å². The average molecular weight is 257 g/mol. The summed E-state index contributed by atoms with van der Waals surface area (Å²) in [6, 6.07) is -0.158. The molecule has 1 aliphatic rings. The first-order valence-corrected chi connectivity index (χ1v) is 6.41. The van der Waals surface area contributed by atoms with Crippen molar-refractivity contribution in [3.63, 3.8) is 0 Å². The van der Waals surface area contributed by atoms with Gasteiger partial charge < -0.3 is 20.6 Å². The summed E-state index contributed by atoms with van der Waals surface area (Å²) in [7, 11) is 0. The summed E-state index contributed by atoms with van der Waals surface area (Å²) < 4.78 is 0. The molecule has 0 saturated carbocycles. The highest BCUT2D eigenvalue weighted by Crippen LogP contribution is 2.15. The van der Waals surface area contributed by atoms with E-state index in [2.05, 4.69) is 10.6 Å². The molecule has 0 aromatic heterocycles. The highest BCUT2D eigenvalue weighted by molar-refractivity contribution is 5.85. The Morgan fingerprint density at radius 3 is 2.39 bits per heavy atom. The second-order valence-corrected chi connectivity index (χ2v) is 5.08. The summed E-state index contributed by atoms with van der Waals surface area (Å²) >= 11 is 0. The number of carbonyl (C=O) groups is 2. The summed E-state index contributed by atoms with van der Waals surface area (Å²) in [5, 5.41) is 15.3. The average Bonchev–Trinajstić information content (AvgIpc) is 2.30. The lowest BCUT2D eigenvalue weighted by Crippen LogP contribution is -2.58. The van der Waals surface area contributed by atoms with Gasteiger partial charge in [-0.15, -0.1) is 0 Å². The number of nitrogens with zero attached hydrogens (tertiary/aromatic N) is 1. The van der Waals surface area contributed by atoms with Crippen LogP contribution >= 0.6 is 0 Å². The highest BCUT2D eigenvalue weighted by Gasteiger charge is 2.37. The molecule has 0 atom stereocenters. The Labute approximate surface area is 108 Å². The molecular formula is C12H23N3O3. The van der Waals surface area contributed by atoms with Crippen LogP contribution in [0.5, 0.6) is 0 Å². The van der Waals surface area contributed by atoms with Crippen LogP contribution in [-0.4, -0.2) is 53.2 Å². The molecule has 0 radical (unpaired) electrons. The van der Waals surface area contributed by atoms with E-state index in [4.69, 9.17) is 5.11 Å². The van der Waals surface area contributed by atoms with E-state index in [1.165, 1.54) is 4.90 Å². The van der Waals surface area contributed by atoms with Crippen molar-refractivity contribution < 1.29 is 14.7 Å². The standard InChI is InChI=1S/C12H23N3O3/c1-4-15(12(2,3)10(16)17)11(18)14-9-5-7-13-8-6-9/h9,13H,4-8H2,1-3H3,(H,14,18)(H,16,17). The molecule has 0 spiro atoms. The van der Waals surface area contributed by atoms with Crippen molar-refractivity contribution in [1.29, 1.82) is 0 Å². The number of likely N-dealkylation sites (N-methyl/N-ethyl adjacent to an activating group) is 1. The van der Waals surface area contributed by atoms with Crippen LogP contribution in [0.2, 0.25) is 0 Å². The monoisotopic (exact) mass is 257 g/mol. The molecule has 1 heterocycles. The summed E-state index contributed by atoms with van der Waals surface area (Å²) in [6.07, 6.45) is 1.77. The van der Waals surface area contributed by atoms with Gasteiger partial charge in [0.05, 0.1) is 0 Å². The fourth-order valence-electron chi connectivity index (χ4n) is 2.13. The van der Waals surface area contributed by atoms with E-state index in [1.807, 2.05) is 0 Å². The minimum atomic E-state index is -1.19. The molecule has 18 heavy (non-hydrogen) atoms. The zero-order valence-corrected chi connectivity index (χ0v) is 11.3. The summed E-state index contributed by atoms with van der Waals surface area (Å²) in [5.74, 6) is -0.996. The Hall–Kier alpha value is -1.30. The van der Waals surface area contributed by atoms with Crippen LogP contribution in [-0.2, 0) is 4.79 Å². The number of carboxylic acids is 1. The number of rotatable bonds is 4. The Balaban J connectivity index is 2.64. The van der Waals surface area contributed by atoms with Crippen LogP contribution in [0.15, 0.2) is 0 Å². The second-order valence-electron chi connectivity index (χ2n) is 5.08. The van der Waals surface area contributed by atoms with Crippen molar-refractivity contribution >= 4 is 12.0 Å². The van der Waals surface area contributed by atoms with Gasteiger partial charge in [-0.2, -0.15) is 0 Å². The summed E-state index contributed by atoms with van der Waals surface area (Å²) in [6.45, 7) is 7.02. The molecule has 1 saturated heterocycles. The van der Waals surface area contributed by atoms with Gasteiger partial charge in [0.2, 0.25) is 0 Å². The normalized spacial score (nSPS) is 17.3. The Morgan fingerprint density at radius 2 is 1.94 bits per heavy atom. The molecule has 0 aromatic rings. The Kier molecular flexibility index (Phi) is 4.95. The molecule has 6 nitrogen and oxygen atoms in total. The number of aliphatic carboxylic acids is 1. The third-order valence-electron chi connectivity index (χ3n) is 3.43. The van der Waals surface area contributed by atoms with E-state index in [-0.39, 0.29) is 12.1 Å². The number of hydrogen-bond acceptors (Lipinski definition) is 3. The van der Waals surface area contributed by atoms with Crippen molar-refractivity contribution in [3.05, 3.63) is 0 Å². The predicted molar refractivity (Wildman–Crippen MR) is 68.5 cm³/mol. The Morgan fingerprint density at radius 1 is 1.39 bits per heavy atom. The maximum Gasteiger partial charge on any atom is 0.329 e. The molecular weight excluding hydrogens is 234 g/mol. The van der Waals surface area contributed by atoms with Crippen molar-refractivity contribution in [1.82, 2.24) is 15.5 Å². The van der Waals surface area contributed by atoms with E-state index in [1.54, 1.807) is 20.8 Å². The number of carbonyl (C=O) groups excluding carboxylic acids is 1. The van der Waals surface area contributed by atoms with Crippen LogP contribution in [0.1, 0.15) is 33.6 Å². The van der Waals surface area contributed by atoms with E-state index in [9.17, 15) is 9.59 Å². The van der Waals surface area contributed by atoms with Crippen LogP contribution < -0.4 is 10.6 Å². The molecule has 0 aromatic carbocycles.